The van der Waals surface area contributed by atoms with Crippen LogP contribution in [0.1, 0.15) is 34.6 Å². The number of ketones is 1. The fourth-order valence-electron chi connectivity index (χ4n) is 2.59. The number of hydrogen-bond donors (Lipinski definition) is 3. The minimum absolute atomic E-state index is 0.00497. The molecule has 8 heteroatoms. The number of nitrogens with zero attached hydrogens (tertiary/aromatic N) is 2. The van der Waals surface area contributed by atoms with Crippen molar-refractivity contribution in [2.75, 3.05) is 23.0 Å². The first-order valence-corrected chi connectivity index (χ1v) is 9.00. The summed E-state index contributed by atoms with van der Waals surface area (Å²) < 4.78 is 5.02. The van der Waals surface area contributed by atoms with Gasteiger partial charge in [0.15, 0.2) is 17.4 Å². The number of benzene rings is 2. The molecule has 1 aromatic heterocycles. The zero-order valence-corrected chi connectivity index (χ0v) is 16.1. The van der Waals surface area contributed by atoms with Gasteiger partial charge in [0.2, 0.25) is 0 Å². The van der Waals surface area contributed by atoms with Crippen LogP contribution in [0.2, 0.25) is 0 Å². The Kier molecular flexibility index (Phi) is 6.03. The van der Waals surface area contributed by atoms with Gasteiger partial charge in [-0.15, -0.1) is 0 Å². The molecule has 0 atom stereocenters. The molecule has 0 unspecified atom stereocenters. The standard InChI is InChI=1S/C21H21N5O3/c1-3-29-21(28)15-5-4-6-17(11-15)26-20-18(22)19(23-12-24-20)25-16-9-7-14(8-10-16)13(2)27/h4-12H,3,22H2,1-2H3,(H2,23,24,25,26). The Morgan fingerprint density at radius 2 is 1.62 bits per heavy atom. The lowest BCUT2D eigenvalue weighted by atomic mass is 10.1. The highest BCUT2D eigenvalue weighted by Gasteiger charge is 2.11. The molecule has 0 radical (unpaired) electrons. The smallest absolute Gasteiger partial charge is 0.338 e. The number of anilines is 5. The lowest BCUT2D eigenvalue weighted by Crippen LogP contribution is -2.07. The van der Waals surface area contributed by atoms with Gasteiger partial charge in [-0.05, 0) is 56.3 Å². The molecule has 0 spiro atoms. The zero-order chi connectivity index (χ0) is 20.8. The molecule has 29 heavy (non-hydrogen) atoms. The van der Waals surface area contributed by atoms with Gasteiger partial charge in [-0.1, -0.05) is 6.07 Å². The van der Waals surface area contributed by atoms with E-state index >= 15 is 0 Å². The Morgan fingerprint density at radius 1 is 0.966 bits per heavy atom. The number of hydrogen-bond acceptors (Lipinski definition) is 8. The van der Waals surface area contributed by atoms with Crippen molar-refractivity contribution in [2.24, 2.45) is 0 Å². The van der Waals surface area contributed by atoms with Crippen LogP contribution in [-0.2, 0) is 4.74 Å². The number of esters is 1. The fourth-order valence-corrected chi connectivity index (χ4v) is 2.59. The highest BCUT2D eigenvalue weighted by molar-refractivity contribution is 5.94. The van der Waals surface area contributed by atoms with Crippen LogP contribution < -0.4 is 16.4 Å². The fraction of sp³-hybridized carbons (Fsp3) is 0.143. The summed E-state index contributed by atoms with van der Waals surface area (Å²) in [6, 6.07) is 13.9. The van der Waals surface area contributed by atoms with Crippen molar-refractivity contribution < 1.29 is 14.3 Å². The maximum Gasteiger partial charge on any atom is 0.338 e. The largest absolute Gasteiger partial charge is 0.462 e. The average Bonchev–Trinajstić information content (AvgIpc) is 2.72. The second-order valence-corrected chi connectivity index (χ2v) is 6.17. The molecule has 3 rings (SSSR count). The van der Waals surface area contributed by atoms with E-state index in [-0.39, 0.29) is 5.78 Å². The molecule has 4 N–H and O–H groups in total. The van der Waals surface area contributed by atoms with Crippen molar-refractivity contribution in [3.05, 3.63) is 66.0 Å². The van der Waals surface area contributed by atoms with Crippen molar-refractivity contribution in [1.82, 2.24) is 9.97 Å². The molecule has 1 heterocycles. The highest BCUT2D eigenvalue weighted by Crippen LogP contribution is 2.28. The summed E-state index contributed by atoms with van der Waals surface area (Å²) in [4.78, 5) is 31.7. The van der Waals surface area contributed by atoms with Crippen molar-refractivity contribution in [2.45, 2.75) is 13.8 Å². The predicted molar refractivity (Wildman–Crippen MR) is 112 cm³/mol. The topological polar surface area (TPSA) is 119 Å². The van der Waals surface area contributed by atoms with Crippen LogP contribution in [0.3, 0.4) is 0 Å². The van der Waals surface area contributed by atoms with E-state index in [0.717, 1.165) is 5.69 Å². The van der Waals surface area contributed by atoms with Gasteiger partial charge in [0.1, 0.15) is 12.0 Å². The molecule has 3 aromatic rings. The van der Waals surface area contributed by atoms with E-state index in [9.17, 15) is 9.59 Å². The first-order valence-electron chi connectivity index (χ1n) is 9.00. The maximum absolute atomic E-state index is 11.9. The third-order valence-electron chi connectivity index (χ3n) is 4.07. The van der Waals surface area contributed by atoms with E-state index in [0.29, 0.717) is 40.7 Å². The Balaban J connectivity index is 1.79. The van der Waals surface area contributed by atoms with E-state index < -0.39 is 5.97 Å². The van der Waals surface area contributed by atoms with Gasteiger partial charge < -0.3 is 21.1 Å². The summed E-state index contributed by atoms with van der Waals surface area (Å²) in [6.07, 6.45) is 1.38. The second kappa shape index (κ2) is 8.83. The number of rotatable bonds is 7. The number of nitrogens with two attached hydrogens (primary N) is 1. The number of Topliss-reactive ketones (excluding diaryl/α,β-unsaturated/α-hetero) is 1. The molecule has 0 aliphatic heterocycles. The molecule has 2 aromatic carbocycles. The molecular weight excluding hydrogens is 370 g/mol. The van der Waals surface area contributed by atoms with Crippen molar-refractivity contribution in [3.8, 4) is 0 Å². The molecular formula is C21H21N5O3. The molecule has 0 aliphatic carbocycles. The Morgan fingerprint density at radius 3 is 2.24 bits per heavy atom. The lowest BCUT2D eigenvalue weighted by Gasteiger charge is -2.13. The molecule has 8 nitrogen and oxygen atoms in total. The van der Waals surface area contributed by atoms with Gasteiger partial charge in [-0.3, -0.25) is 4.79 Å². The van der Waals surface area contributed by atoms with E-state index in [1.807, 2.05) is 0 Å². The first kappa shape index (κ1) is 19.8. The van der Waals surface area contributed by atoms with E-state index in [1.165, 1.54) is 13.3 Å². The Hall–Kier alpha value is -3.94. The number of aromatic nitrogens is 2. The predicted octanol–water partition coefficient (Wildman–Crippen LogP) is 3.93. The number of nitrogens with one attached hydrogen (secondary N) is 2. The first-order chi connectivity index (χ1) is 14.0. The van der Waals surface area contributed by atoms with Crippen LogP contribution in [-0.4, -0.2) is 28.3 Å². The van der Waals surface area contributed by atoms with Crippen LogP contribution >= 0.6 is 0 Å². The summed E-state index contributed by atoms with van der Waals surface area (Å²) in [6.45, 7) is 3.57. The Bertz CT molecular complexity index is 1030. The monoisotopic (exact) mass is 391 g/mol. The second-order valence-electron chi connectivity index (χ2n) is 6.17. The molecule has 0 amide bonds. The summed E-state index contributed by atoms with van der Waals surface area (Å²) >= 11 is 0. The summed E-state index contributed by atoms with van der Waals surface area (Å²) in [5.41, 5.74) is 8.93. The molecule has 148 valence electrons. The SMILES string of the molecule is CCOC(=O)c1cccc(Nc2ncnc(Nc3ccc(C(C)=O)cc3)c2N)c1. The van der Waals surface area contributed by atoms with Crippen molar-refractivity contribution >= 4 is 40.5 Å². The minimum atomic E-state index is -0.400. The van der Waals surface area contributed by atoms with Gasteiger partial charge in [0, 0.05) is 16.9 Å². The quantitative estimate of drug-likeness (QED) is 0.409. The molecule has 0 aliphatic rings. The lowest BCUT2D eigenvalue weighted by molar-refractivity contribution is 0.0526. The average molecular weight is 391 g/mol. The number of nitrogen functional groups attached to an aromatic ring is 1. The Labute approximate surface area is 168 Å². The van der Waals surface area contributed by atoms with Gasteiger partial charge >= 0.3 is 5.97 Å². The molecule has 0 saturated heterocycles. The van der Waals surface area contributed by atoms with E-state index in [2.05, 4.69) is 20.6 Å². The van der Waals surface area contributed by atoms with Crippen molar-refractivity contribution in [1.29, 1.82) is 0 Å². The van der Waals surface area contributed by atoms with Crippen LogP contribution in [0.4, 0.5) is 28.7 Å². The third-order valence-corrected chi connectivity index (χ3v) is 4.07. The van der Waals surface area contributed by atoms with Gasteiger partial charge in [0.25, 0.3) is 0 Å². The summed E-state index contributed by atoms with van der Waals surface area (Å²) in [5.74, 6) is 0.404. The zero-order valence-electron chi connectivity index (χ0n) is 16.1. The number of carbonyl (C=O) groups is 2. The normalized spacial score (nSPS) is 10.3. The van der Waals surface area contributed by atoms with Gasteiger partial charge in [-0.25, -0.2) is 14.8 Å². The molecule has 0 fully saturated rings. The summed E-state index contributed by atoms with van der Waals surface area (Å²) in [7, 11) is 0. The molecule has 0 bridgehead atoms. The van der Waals surface area contributed by atoms with Crippen molar-refractivity contribution in [3.63, 3.8) is 0 Å². The van der Waals surface area contributed by atoms with Gasteiger partial charge in [-0.2, -0.15) is 0 Å². The van der Waals surface area contributed by atoms with Crippen LogP contribution in [0, 0.1) is 0 Å². The highest BCUT2D eigenvalue weighted by atomic mass is 16.5. The minimum Gasteiger partial charge on any atom is -0.462 e. The summed E-state index contributed by atoms with van der Waals surface area (Å²) in [5, 5.41) is 6.20. The van der Waals surface area contributed by atoms with Crippen LogP contribution in [0.25, 0.3) is 0 Å². The maximum atomic E-state index is 11.9. The van der Waals surface area contributed by atoms with E-state index in [1.54, 1.807) is 55.5 Å². The van der Waals surface area contributed by atoms with Crippen LogP contribution in [0.5, 0.6) is 0 Å². The van der Waals surface area contributed by atoms with Crippen LogP contribution in [0.15, 0.2) is 54.9 Å². The van der Waals surface area contributed by atoms with Gasteiger partial charge in [0.05, 0.1) is 12.2 Å². The number of carbonyl (C=O) groups excluding carboxylic acids is 2. The molecule has 0 saturated carbocycles. The number of ether oxygens (including phenoxy) is 1. The van der Waals surface area contributed by atoms with E-state index in [4.69, 9.17) is 10.5 Å². The third kappa shape index (κ3) is 4.86.